The Labute approximate surface area is 524 Å². The predicted octanol–water partition coefficient (Wildman–Crippen LogP) is 18.8. The van der Waals surface area contributed by atoms with E-state index in [0.29, 0.717) is 25.7 Å². The highest BCUT2D eigenvalue weighted by Gasteiger charge is 2.30. The molecule has 0 rings (SSSR count). The van der Waals surface area contributed by atoms with Crippen LogP contribution in [0.5, 0.6) is 0 Å². The summed E-state index contributed by atoms with van der Waals surface area (Å²) in [6.45, 7) is 9.50. The van der Waals surface area contributed by atoms with E-state index >= 15 is 0 Å². The van der Waals surface area contributed by atoms with E-state index in [1.165, 1.54) is 154 Å². The first-order valence-electron chi connectivity index (χ1n) is 35.0. The largest absolute Gasteiger partial charge is 0.472 e. The molecule has 86 heavy (non-hydrogen) atoms. The van der Waals surface area contributed by atoms with Crippen LogP contribution in [0.25, 0.3) is 0 Å². The lowest BCUT2D eigenvalue weighted by atomic mass is 10.0. The van der Waals surface area contributed by atoms with Gasteiger partial charge in [-0.3, -0.25) is 37.3 Å². The lowest BCUT2D eigenvalue weighted by molar-refractivity contribution is -0.161. The summed E-state index contributed by atoms with van der Waals surface area (Å²) in [4.78, 5) is 72.3. The molecule has 0 aromatic carbocycles. The number of aliphatic hydroxyl groups excluding tert-OH is 1. The molecule has 3 N–H and O–H groups in total. The second-order valence-electron chi connectivity index (χ2n) is 25.2. The van der Waals surface area contributed by atoms with Gasteiger partial charge in [0.15, 0.2) is 12.2 Å². The Hall–Kier alpha value is -1.94. The number of rotatable bonds is 66. The maximum atomic E-state index is 13.0. The van der Waals surface area contributed by atoms with Crippen molar-refractivity contribution in [3.8, 4) is 0 Å². The molecule has 0 amide bonds. The highest BCUT2D eigenvalue weighted by molar-refractivity contribution is 7.47. The lowest BCUT2D eigenvalue weighted by Gasteiger charge is -2.21. The third kappa shape index (κ3) is 60.9. The van der Waals surface area contributed by atoms with E-state index in [-0.39, 0.29) is 25.7 Å². The highest BCUT2D eigenvalue weighted by atomic mass is 31.2. The van der Waals surface area contributed by atoms with Crippen molar-refractivity contribution < 1.29 is 80.2 Å². The molecule has 510 valence electrons. The van der Waals surface area contributed by atoms with Crippen LogP contribution in [0.1, 0.15) is 337 Å². The van der Waals surface area contributed by atoms with Gasteiger partial charge >= 0.3 is 39.5 Å². The van der Waals surface area contributed by atoms with Crippen LogP contribution in [0.15, 0.2) is 0 Å². The summed E-state index contributed by atoms with van der Waals surface area (Å²) in [5.74, 6) is -0.605. The van der Waals surface area contributed by atoms with Crippen LogP contribution in [0.2, 0.25) is 0 Å². The molecular weight excluding hydrogens is 1140 g/mol. The number of phosphoric acid groups is 2. The van der Waals surface area contributed by atoms with E-state index in [1.807, 2.05) is 0 Å². The summed E-state index contributed by atoms with van der Waals surface area (Å²) in [6.07, 6.45) is 43.0. The van der Waals surface area contributed by atoms with Crippen LogP contribution in [-0.2, 0) is 65.4 Å². The van der Waals surface area contributed by atoms with Gasteiger partial charge in [-0.15, -0.1) is 0 Å². The van der Waals surface area contributed by atoms with Crippen LogP contribution in [-0.4, -0.2) is 96.7 Å². The summed E-state index contributed by atoms with van der Waals surface area (Å²) >= 11 is 0. The van der Waals surface area contributed by atoms with Crippen LogP contribution in [0.4, 0.5) is 0 Å². The van der Waals surface area contributed by atoms with Gasteiger partial charge in [0.2, 0.25) is 0 Å². The minimum Gasteiger partial charge on any atom is -0.462 e. The molecule has 0 aromatic rings. The monoisotopic (exact) mass is 1270 g/mol. The van der Waals surface area contributed by atoms with E-state index in [0.717, 1.165) is 102 Å². The summed E-state index contributed by atoms with van der Waals surface area (Å²) in [7, 11) is -9.89. The Morgan fingerprint density at radius 2 is 0.535 bits per heavy atom. The zero-order chi connectivity index (χ0) is 63.6. The van der Waals surface area contributed by atoms with Gasteiger partial charge in [0.25, 0.3) is 0 Å². The number of unbranched alkanes of at least 4 members (excludes halogenated alkanes) is 36. The first-order valence-corrected chi connectivity index (χ1v) is 38.0. The molecule has 2 unspecified atom stereocenters. The highest BCUT2D eigenvalue weighted by Crippen LogP contribution is 2.45. The van der Waals surface area contributed by atoms with Gasteiger partial charge in [-0.1, -0.05) is 286 Å². The number of esters is 4. The summed E-state index contributed by atoms with van der Waals surface area (Å²) in [6, 6.07) is 0. The number of aliphatic hydroxyl groups is 1. The molecule has 5 atom stereocenters. The van der Waals surface area contributed by atoms with Crippen LogP contribution < -0.4 is 0 Å². The number of hydrogen-bond donors (Lipinski definition) is 3. The average Bonchev–Trinajstić information content (AvgIpc) is 3.65. The third-order valence-corrected chi connectivity index (χ3v) is 17.4. The second kappa shape index (κ2) is 59.4. The molecule has 0 fully saturated rings. The number of carbonyl (C=O) groups is 4. The Bertz CT molecular complexity index is 1680. The van der Waals surface area contributed by atoms with Crippen molar-refractivity contribution in [2.75, 3.05) is 39.6 Å². The SMILES string of the molecule is CCCCCCCCCCCCC(=O)O[C@H](COC(=O)CCCCCCCCCCC)COP(=O)(O)OC[C@H](O)COP(=O)(O)OC[C@@H](COC(=O)CCCCCCCCCCCCC(C)C)OC(=O)CCCCCCCCCCCCCC(C)C. The molecule has 0 aliphatic carbocycles. The molecule has 0 saturated heterocycles. The van der Waals surface area contributed by atoms with Crippen molar-refractivity contribution in [3.05, 3.63) is 0 Å². The first-order chi connectivity index (χ1) is 41.4. The van der Waals surface area contributed by atoms with E-state index in [9.17, 15) is 43.2 Å². The van der Waals surface area contributed by atoms with Gasteiger partial charge in [0.05, 0.1) is 26.4 Å². The molecule has 0 radical (unpaired) electrons. The van der Waals surface area contributed by atoms with Gasteiger partial charge in [0.1, 0.15) is 19.3 Å². The molecule has 0 aromatic heterocycles. The Balaban J connectivity index is 5.24. The van der Waals surface area contributed by atoms with Gasteiger partial charge in [0, 0.05) is 25.7 Å². The van der Waals surface area contributed by atoms with E-state index in [2.05, 4.69) is 41.5 Å². The molecule has 0 spiro atoms. The fraction of sp³-hybridized carbons (Fsp3) is 0.940. The Morgan fingerprint density at radius 1 is 0.314 bits per heavy atom. The normalized spacial score (nSPS) is 14.2. The zero-order valence-corrected chi connectivity index (χ0v) is 57.4. The molecule has 0 aliphatic heterocycles. The smallest absolute Gasteiger partial charge is 0.462 e. The lowest BCUT2D eigenvalue weighted by Crippen LogP contribution is -2.30. The summed E-state index contributed by atoms with van der Waals surface area (Å²) < 4.78 is 68.1. The van der Waals surface area contributed by atoms with E-state index in [4.69, 9.17) is 37.0 Å². The van der Waals surface area contributed by atoms with Crippen molar-refractivity contribution in [2.24, 2.45) is 11.8 Å². The van der Waals surface area contributed by atoms with Gasteiger partial charge in [-0.25, -0.2) is 9.13 Å². The fourth-order valence-electron chi connectivity index (χ4n) is 10.1. The predicted molar refractivity (Wildman–Crippen MR) is 345 cm³/mol. The second-order valence-corrected chi connectivity index (χ2v) is 28.1. The fourth-order valence-corrected chi connectivity index (χ4v) is 11.6. The first kappa shape index (κ1) is 84.1. The Kier molecular flexibility index (Phi) is 58.0. The quantitative estimate of drug-likeness (QED) is 0.0222. The molecule has 17 nitrogen and oxygen atoms in total. The van der Waals surface area contributed by atoms with E-state index in [1.54, 1.807) is 0 Å². The standard InChI is InChI=1S/C67H130O17P2/c1-7-9-11-13-15-17-26-33-39-45-51-66(71)83-62(55-77-64(69)49-43-37-31-23-16-14-12-10-8-2)57-81-85(73,74)79-53-61(68)54-80-86(75,76)82-58-63(56-78-65(70)50-44-38-32-27-22-21-25-30-36-42-48-60(5)6)84-67(72)52-46-40-34-28-20-18-19-24-29-35-41-47-59(3)4/h59-63,68H,7-58H2,1-6H3,(H,73,74)(H,75,76)/t61-,62+,63+/m0/s1. The molecule has 19 heteroatoms. The molecule has 0 saturated carbocycles. The van der Waals surface area contributed by atoms with Crippen LogP contribution in [0.3, 0.4) is 0 Å². The van der Waals surface area contributed by atoms with Crippen molar-refractivity contribution >= 4 is 39.5 Å². The van der Waals surface area contributed by atoms with Crippen molar-refractivity contribution in [1.82, 2.24) is 0 Å². The molecule has 0 aliphatic rings. The van der Waals surface area contributed by atoms with Gasteiger partial charge < -0.3 is 33.8 Å². The van der Waals surface area contributed by atoms with Crippen LogP contribution in [0, 0.1) is 11.8 Å². The van der Waals surface area contributed by atoms with Crippen molar-refractivity contribution in [3.63, 3.8) is 0 Å². The minimum absolute atomic E-state index is 0.106. The van der Waals surface area contributed by atoms with Gasteiger partial charge in [-0.05, 0) is 37.5 Å². The molecule has 0 heterocycles. The Morgan fingerprint density at radius 3 is 0.791 bits per heavy atom. The molecular formula is C67H130O17P2. The summed E-state index contributed by atoms with van der Waals surface area (Å²) in [5.41, 5.74) is 0. The number of carbonyl (C=O) groups excluding carboxylic acids is 4. The number of hydrogen-bond acceptors (Lipinski definition) is 15. The van der Waals surface area contributed by atoms with Crippen LogP contribution >= 0.6 is 15.6 Å². The minimum atomic E-state index is -4.95. The van der Waals surface area contributed by atoms with Crippen molar-refractivity contribution in [2.45, 2.75) is 355 Å². The topological polar surface area (TPSA) is 237 Å². The van der Waals surface area contributed by atoms with Gasteiger partial charge in [-0.2, -0.15) is 0 Å². The average molecular weight is 1270 g/mol. The molecule has 0 bridgehead atoms. The number of ether oxygens (including phenoxy) is 4. The number of phosphoric ester groups is 2. The third-order valence-electron chi connectivity index (χ3n) is 15.5. The maximum absolute atomic E-state index is 13.0. The van der Waals surface area contributed by atoms with Crippen molar-refractivity contribution in [1.29, 1.82) is 0 Å². The maximum Gasteiger partial charge on any atom is 0.472 e. The van der Waals surface area contributed by atoms with E-state index < -0.39 is 97.5 Å². The summed E-state index contributed by atoms with van der Waals surface area (Å²) in [5, 5.41) is 10.6. The zero-order valence-electron chi connectivity index (χ0n) is 55.6.